The molecule has 1 saturated heterocycles. The van der Waals surface area contributed by atoms with E-state index < -0.39 is 0 Å². The van der Waals surface area contributed by atoms with E-state index in [9.17, 15) is 0 Å². The third-order valence-corrected chi connectivity index (χ3v) is 5.85. The van der Waals surface area contributed by atoms with Crippen molar-refractivity contribution in [2.24, 2.45) is 0 Å². The summed E-state index contributed by atoms with van der Waals surface area (Å²) in [5.41, 5.74) is 0. The highest BCUT2D eigenvalue weighted by Gasteiger charge is 2.11. The Balaban J connectivity index is 0.00000326. The van der Waals surface area contributed by atoms with Crippen molar-refractivity contribution in [1.82, 2.24) is 10.2 Å². The molecule has 1 fully saturated rings. The molecule has 1 rings (SSSR count). The van der Waals surface area contributed by atoms with Gasteiger partial charge < -0.3 is 15.0 Å². The summed E-state index contributed by atoms with van der Waals surface area (Å²) in [4.78, 5) is 10.6. The van der Waals surface area contributed by atoms with E-state index in [0.717, 1.165) is 6.04 Å². The summed E-state index contributed by atoms with van der Waals surface area (Å²) in [5.74, 6) is 0. The molecular formula is C24H50N2O. The van der Waals surface area contributed by atoms with Crippen LogP contribution in [0, 0.1) is 0 Å². The van der Waals surface area contributed by atoms with Crippen molar-refractivity contribution < 1.29 is 4.79 Å². The number of rotatable bonds is 18. The molecule has 1 aliphatic heterocycles. The van der Waals surface area contributed by atoms with Crippen LogP contribution in [0.3, 0.4) is 0 Å². The van der Waals surface area contributed by atoms with Crippen molar-refractivity contribution in [1.29, 1.82) is 0 Å². The van der Waals surface area contributed by atoms with E-state index in [2.05, 4.69) is 24.1 Å². The van der Waals surface area contributed by atoms with Gasteiger partial charge in [-0.3, -0.25) is 0 Å². The Morgan fingerprint density at radius 2 is 1.22 bits per heavy atom. The Morgan fingerprint density at radius 1 is 0.741 bits per heavy atom. The van der Waals surface area contributed by atoms with Gasteiger partial charge in [-0.1, -0.05) is 84.5 Å². The summed E-state index contributed by atoms with van der Waals surface area (Å²) < 4.78 is 0. The van der Waals surface area contributed by atoms with Crippen molar-refractivity contribution in [2.75, 3.05) is 26.2 Å². The molecule has 1 heterocycles. The first kappa shape index (κ1) is 26.6. The van der Waals surface area contributed by atoms with Gasteiger partial charge in [0.2, 0.25) is 0 Å². The lowest BCUT2D eigenvalue weighted by atomic mass is 10.00. The number of hydrogen-bond acceptors (Lipinski definition) is 3. The molecule has 0 aliphatic carbocycles. The lowest BCUT2D eigenvalue weighted by Crippen LogP contribution is -2.32. The Labute approximate surface area is 171 Å². The number of nitrogens with one attached hydrogen (secondary N) is 1. The van der Waals surface area contributed by atoms with Crippen LogP contribution in [0.4, 0.5) is 0 Å². The van der Waals surface area contributed by atoms with Gasteiger partial charge in [0, 0.05) is 6.04 Å². The van der Waals surface area contributed by atoms with Gasteiger partial charge in [0.05, 0.1) is 0 Å². The summed E-state index contributed by atoms with van der Waals surface area (Å²) in [6.45, 7) is 11.8. The number of carbonyl (C=O) groups excluding carboxylic acids is 1. The number of carbonyl (C=O) groups is 1. The first-order valence-electron chi connectivity index (χ1n) is 12.1. The fraction of sp³-hybridized carbons (Fsp3) is 0.958. The molecule has 0 saturated carbocycles. The zero-order valence-corrected chi connectivity index (χ0v) is 18.8. The molecule has 0 aromatic heterocycles. The summed E-state index contributed by atoms with van der Waals surface area (Å²) in [6, 6.07) is 0.784. The van der Waals surface area contributed by atoms with Crippen LogP contribution >= 0.6 is 0 Å². The highest BCUT2D eigenvalue weighted by Crippen LogP contribution is 2.14. The largest absolute Gasteiger partial charge is 0.314 e. The number of likely N-dealkylation sites (tertiary alicyclic amines) is 1. The second kappa shape index (κ2) is 21.9. The third-order valence-electron chi connectivity index (χ3n) is 5.85. The average Bonchev–Trinajstić information content (AvgIpc) is 3.22. The normalized spacial score (nSPS) is 15.5. The van der Waals surface area contributed by atoms with Crippen LogP contribution in [0.5, 0.6) is 0 Å². The van der Waals surface area contributed by atoms with Crippen molar-refractivity contribution in [3.05, 3.63) is 0 Å². The minimum Gasteiger partial charge on any atom is -0.314 e. The molecule has 27 heavy (non-hydrogen) atoms. The molecule has 0 aromatic carbocycles. The third kappa shape index (κ3) is 17.4. The number of hydrogen-bond donors (Lipinski definition) is 1. The van der Waals surface area contributed by atoms with Gasteiger partial charge in [-0.15, -0.1) is 0 Å². The fourth-order valence-electron chi connectivity index (χ4n) is 4.13. The van der Waals surface area contributed by atoms with E-state index in [0.29, 0.717) is 0 Å². The molecule has 0 amide bonds. The molecule has 0 spiro atoms. The van der Waals surface area contributed by atoms with Gasteiger partial charge in [0.1, 0.15) is 6.79 Å². The van der Waals surface area contributed by atoms with Crippen LogP contribution in [-0.4, -0.2) is 43.9 Å². The van der Waals surface area contributed by atoms with Crippen molar-refractivity contribution in [3.8, 4) is 0 Å². The quantitative estimate of drug-likeness (QED) is 0.280. The molecule has 162 valence electrons. The number of unbranched alkanes of at least 4 members (excludes halogenated alkanes) is 9. The Kier molecular flexibility index (Phi) is 21.6. The Bertz CT molecular complexity index is 280. The van der Waals surface area contributed by atoms with Gasteiger partial charge in [-0.2, -0.15) is 0 Å². The lowest BCUT2D eigenvalue weighted by Gasteiger charge is -2.20. The van der Waals surface area contributed by atoms with E-state index >= 15 is 0 Å². The molecule has 1 aliphatic rings. The molecule has 0 radical (unpaired) electrons. The van der Waals surface area contributed by atoms with Gasteiger partial charge >= 0.3 is 0 Å². The van der Waals surface area contributed by atoms with E-state index in [1.165, 1.54) is 129 Å². The maximum Gasteiger partial charge on any atom is 0.106 e. The smallest absolute Gasteiger partial charge is 0.106 e. The fourth-order valence-corrected chi connectivity index (χ4v) is 4.13. The highest BCUT2D eigenvalue weighted by atomic mass is 16.1. The number of nitrogens with zero attached hydrogens (tertiary/aromatic N) is 1. The second-order valence-corrected chi connectivity index (χ2v) is 8.31. The van der Waals surface area contributed by atoms with Crippen LogP contribution in [-0.2, 0) is 4.79 Å². The monoisotopic (exact) mass is 382 g/mol. The summed E-state index contributed by atoms with van der Waals surface area (Å²) >= 11 is 0. The zero-order chi connectivity index (χ0) is 20.0. The van der Waals surface area contributed by atoms with Gasteiger partial charge in [0.15, 0.2) is 0 Å². The van der Waals surface area contributed by atoms with Crippen LogP contribution in [0.2, 0.25) is 0 Å². The highest BCUT2D eigenvalue weighted by molar-refractivity contribution is 5.11. The summed E-state index contributed by atoms with van der Waals surface area (Å²) in [7, 11) is 0. The second-order valence-electron chi connectivity index (χ2n) is 8.31. The molecular weight excluding hydrogens is 332 g/mol. The maximum absolute atomic E-state index is 8.00. The molecule has 1 unspecified atom stereocenters. The lowest BCUT2D eigenvalue weighted by molar-refractivity contribution is -0.0979. The average molecular weight is 383 g/mol. The molecule has 0 bridgehead atoms. The minimum atomic E-state index is 0.784. The molecule has 1 N–H and O–H groups in total. The van der Waals surface area contributed by atoms with Gasteiger partial charge in [0.25, 0.3) is 0 Å². The zero-order valence-electron chi connectivity index (χ0n) is 18.8. The van der Waals surface area contributed by atoms with Gasteiger partial charge in [-0.25, -0.2) is 0 Å². The Hall–Kier alpha value is -0.410. The first-order valence-corrected chi connectivity index (χ1v) is 12.1. The first-order chi connectivity index (χ1) is 13.4. The van der Waals surface area contributed by atoms with Crippen LogP contribution < -0.4 is 5.32 Å². The Morgan fingerprint density at radius 3 is 1.74 bits per heavy atom. The standard InChI is InChI=1S/C23H48N2.CH2O/c1-3-5-7-9-11-13-18-23(17-12-10-8-6-4-2)24-19-16-22-25-20-14-15-21-25;1-2/h23-24H,3-22H2,1-2H3;1H2. The molecule has 3 heteroatoms. The molecule has 1 atom stereocenters. The summed E-state index contributed by atoms with van der Waals surface area (Å²) in [5, 5.41) is 3.91. The SMILES string of the molecule is C=O.CCCCCCCCC(CCCCCCC)NCCCN1CCCC1. The topological polar surface area (TPSA) is 32.3 Å². The summed E-state index contributed by atoms with van der Waals surface area (Å²) in [6.07, 6.45) is 22.6. The minimum absolute atomic E-state index is 0.784. The molecule has 3 nitrogen and oxygen atoms in total. The van der Waals surface area contributed by atoms with Crippen molar-refractivity contribution >= 4 is 6.79 Å². The van der Waals surface area contributed by atoms with Crippen LogP contribution in [0.15, 0.2) is 0 Å². The predicted molar refractivity (Wildman–Crippen MR) is 121 cm³/mol. The van der Waals surface area contributed by atoms with Crippen LogP contribution in [0.1, 0.15) is 117 Å². The van der Waals surface area contributed by atoms with Gasteiger partial charge in [-0.05, 0) is 58.3 Å². The van der Waals surface area contributed by atoms with E-state index in [1.807, 2.05) is 6.79 Å². The van der Waals surface area contributed by atoms with Crippen LogP contribution in [0.25, 0.3) is 0 Å². The van der Waals surface area contributed by atoms with Crippen molar-refractivity contribution in [3.63, 3.8) is 0 Å². The van der Waals surface area contributed by atoms with Crippen molar-refractivity contribution in [2.45, 2.75) is 123 Å². The van der Waals surface area contributed by atoms with E-state index in [4.69, 9.17) is 4.79 Å². The molecule has 0 aromatic rings. The predicted octanol–water partition coefficient (Wildman–Crippen LogP) is 6.36. The van der Waals surface area contributed by atoms with E-state index in [-0.39, 0.29) is 0 Å². The maximum atomic E-state index is 8.00. The van der Waals surface area contributed by atoms with E-state index in [1.54, 1.807) is 0 Å².